The van der Waals surface area contributed by atoms with Gasteiger partial charge >= 0.3 is 0 Å². The van der Waals surface area contributed by atoms with E-state index >= 15 is 0 Å². The molecule has 0 amide bonds. The summed E-state index contributed by atoms with van der Waals surface area (Å²) in [6.45, 7) is 0. The summed E-state index contributed by atoms with van der Waals surface area (Å²) in [5.74, 6) is 0. The van der Waals surface area contributed by atoms with E-state index < -0.39 is 0 Å². The number of halogens is 4. The number of benzene rings is 2. The molecule has 2 rings (SSSR count). The number of hydrogen-bond donors (Lipinski definition) is 2. The summed E-state index contributed by atoms with van der Waals surface area (Å²) >= 11 is 22.4. The molecule has 0 bridgehead atoms. The molecule has 0 saturated heterocycles. The second-order valence-electron chi connectivity index (χ2n) is 3.33. The van der Waals surface area contributed by atoms with E-state index in [2.05, 4.69) is 0 Å². The van der Waals surface area contributed by atoms with Crippen molar-refractivity contribution in [1.82, 2.24) is 0 Å². The zero-order chi connectivity index (χ0) is 13.7. The summed E-state index contributed by atoms with van der Waals surface area (Å²) < 4.78 is 0. The van der Waals surface area contributed by atoms with E-state index in [-0.39, 0.29) is 0 Å². The van der Waals surface area contributed by atoms with Crippen LogP contribution in [0.4, 0.5) is 11.4 Å². The Morgan fingerprint density at radius 3 is 1.17 bits per heavy atom. The largest absolute Gasteiger partial charge is 0.397 e. The molecule has 0 atom stereocenters. The first-order valence-electron chi connectivity index (χ1n) is 4.81. The van der Waals surface area contributed by atoms with E-state index in [9.17, 15) is 0 Å². The Hall–Kier alpha value is -0.800. The lowest BCUT2D eigenvalue weighted by Gasteiger charge is -1.95. The molecular formula is C12H10Cl4N2. The van der Waals surface area contributed by atoms with Gasteiger partial charge in [0.1, 0.15) is 0 Å². The van der Waals surface area contributed by atoms with Crippen molar-refractivity contribution < 1.29 is 0 Å². The van der Waals surface area contributed by atoms with Crippen LogP contribution in [0.25, 0.3) is 0 Å². The minimum absolute atomic E-state index is 0.518. The van der Waals surface area contributed by atoms with Crippen molar-refractivity contribution in [2.75, 3.05) is 11.5 Å². The molecule has 0 aromatic heterocycles. The maximum atomic E-state index is 5.60. The van der Waals surface area contributed by atoms with Gasteiger partial charge in [0.2, 0.25) is 0 Å². The summed E-state index contributed by atoms with van der Waals surface area (Å²) in [5, 5.41) is 2.30. The van der Waals surface area contributed by atoms with Crippen LogP contribution in [0.1, 0.15) is 0 Å². The second-order valence-corrected chi connectivity index (χ2v) is 5.02. The molecule has 0 heterocycles. The summed E-state index contributed by atoms with van der Waals surface area (Å²) in [5.41, 5.74) is 11.8. The molecule has 2 aromatic rings. The van der Waals surface area contributed by atoms with Crippen molar-refractivity contribution in [3.8, 4) is 0 Å². The first-order chi connectivity index (χ1) is 8.40. The molecule has 0 fully saturated rings. The minimum atomic E-state index is 0.518. The predicted octanol–water partition coefficient (Wildman–Crippen LogP) is 5.15. The van der Waals surface area contributed by atoms with Gasteiger partial charge in [0.15, 0.2) is 0 Å². The highest BCUT2D eigenvalue weighted by Crippen LogP contribution is 2.22. The van der Waals surface area contributed by atoms with Crippen LogP contribution in [0.3, 0.4) is 0 Å². The van der Waals surface area contributed by atoms with E-state index in [0.29, 0.717) is 31.5 Å². The molecule has 0 saturated carbocycles. The van der Waals surface area contributed by atoms with Gasteiger partial charge in [-0.05, 0) is 36.4 Å². The van der Waals surface area contributed by atoms with Crippen LogP contribution in [0.2, 0.25) is 20.1 Å². The number of rotatable bonds is 0. The van der Waals surface area contributed by atoms with E-state index in [1.807, 2.05) is 0 Å². The number of anilines is 2. The average molecular weight is 324 g/mol. The number of nitrogen functional groups attached to an aromatic ring is 2. The Morgan fingerprint density at radius 2 is 0.944 bits per heavy atom. The van der Waals surface area contributed by atoms with Crippen LogP contribution in [-0.2, 0) is 0 Å². The Bertz CT molecular complexity index is 494. The van der Waals surface area contributed by atoms with Crippen molar-refractivity contribution in [2.24, 2.45) is 0 Å². The third-order valence-corrected chi connectivity index (χ3v) is 3.07. The molecule has 2 nitrogen and oxygen atoms in total. The zero-order valence-corrected chi connectivity index (χ0v) is 12.2. The predicted molar refractivity (Wildman–Crippen MR) is 81.7 cm³/mol. The fourth-order valence-corrected chi connectivity index (χ4v) is 1.63. The zero-order valence-electron chi connectivity index (χ0n) is 9.13. The molecule has 0 unspecified atom stereocenters. The summed E-state index contributed by atoms with van der Waals surface area (Å²) in [7, 11) is 0. The molecule has 0 radical (unpaired) electrons. The van der Waals surface area contributed by atoms with Crippen LogP contribution in [0.5, 0.6) is 0 Å². The Kier molecular flexibility index (Phi) is 5.89. The Balaban J connectivity index is 0.000000180. The fourth-order valence-electron chi connectivity index (χ4n) is 1.03. The molecule has 0 spiro atoms. The molecule has 0 aliphatic carbocycles. The molecule has 2 aromatic carbocycles. The van der Waals surface area contributed by atoms with E-state index in [0.717, 1.165) is 0 Å². The highest BCUT2D eigenvalue weighted by Gasteiger charge is 1.94. The molecule has 6 heteroatoms. The van der Waals surface area contributed by atoms with Crippen molar-refractivity contribution in [3.63, 3.8) is 0 Å². The van der Waals surface area contributed by atoms with Crippen LogP contribution < -0.4 is 11.5 Å². The first kappa shape index (κ1) is 15.3. The van der Waals surface area contributed by atoms with Crippen molar-refractivity contribution in [1.29, 1.82) is 0 Å². The Morgan fingerprint density at radius 1 is 0.611 bits per heavy atom. The van der Waals surface area contributed by atoms with E-state index in [1.165, 1.54) is 0 Å². The van der Waals surface area contributed by atoms with Gasteiger partial charge in [0.05, 0.1) is 21.4 Å². The Labute approximate surface area is 125 Å². The lowest BCUT2D eigenvalue weighted by atomic mass is 10.3. The standard InChI is InChI=1S/2C6H5Cl2N/c2*7-4-1-2-5(8)6(9)3-4/h2*1-3H,9H2. The fraction of sp³-hybridized carbons (Fsp3) is 0. The first-order valence-corrected chi connectivity index (χ1v) is 6.32. The number of hydrogen-bond acceptors (Lipinski definition) is 2. The quantitative estimate of drug-likeness (QED) is 0.658. The lowest BCUT2D eigenvalue weighted by Crippen LogP contribution is -1.84. The highest BCUT2D eigenvalue weighted by atomic mass is 35.5. The van der Waals surface area contributed by atoms with Gasteiger partial charge in [0, 0.05) is 10.0 Å². The van der Waals surface area contributed by atoms with E-state index in [1.54, 1.807) is 36.4 Å². The SMILES string of the molecule is Nc1cc(Cl)ccc1Cl.Nc1cc(Cl)ccc1Cl. The van der Waals surface area contributed by atoms with Crippen LogP contribution in [0.15, 0.2) is 36.4 Å². The highest BCUT2D eigenvalue weighted by molar-refractivity contribution is 6.35. The summed E-state index contributed by atoms with van der Waals surface area (Å²) in [6.07, 6.45) is 0. The molecule has 96 valence electrons. The molecular weight excluding hydrogens is 314 g/mol. The van der Waals surface area contributed by atoms with Crippen molar-refractivity contribution in [2.45, 2.75) is 0 Å². The third-order valence-electron chi connectivity index (χ3n) is 1.92. The smallest absolute Gasteiger partial charge is 0.0636 e. The molecule has 4 N–H and O–H groups in total. The second kappa shape index (κ2) is 6.95. The maximum Gasteiger partial charge on any atom is 0.0636 e. The van der Waals surface area contributed by atoms with Crippen LogP contribution >= 0.6 is 46.4 Å². The average Bonchev–Trinajstić information content (AvgIpc) is 2.30. The monoisotopic (exact) mass is 322 g/mol. The third kappa shape index (κ3) is 4.83. The van der Waals surface area contributed by atoms with Gasteiger partial charge in [0.25, 0.3) is 0 Å². The van der Waals surface area contributed by atoms with Gasteiger partial charge in [-0.2, -0.15) is 0 Å². The van der Waals surface area contributed by atoms with Crippen LogP contribution in [0, 0.1) is 0 Å². The minimum Gasteiger partial charge on any atom is -0.397 e. The van der Waals surface area contributed by atoms with Crippen LogP contribution in [-0.4, -0.2) is 0 Å². The van der Waals surface area contributed by atoms with Crippen molar-refractivity contribution >= 4 is 57.8 Å². The lowest BCUT2D eigenvalue weighted by molar-refractivity contribution is 1.68. The van der Waals surface area contributed by atoms with Gasteiger partial charge < -0.3 is 11.5 Å². The normalized spacial score (nSPS) is 9.56. The van der Waals surface area contributed by atoms with Gasteiger partial charge in [-0.15, -0.1) is 0 Å². The summed E-state index contributed by atoms with van der Waals surface area (Å²) in [6, 6.07) is 9.95. The van der Waals surface area contributed by atoms with Gasteiger partial charge in [-0.25, -0.2) is 0 Å². The molecule has 0 aliphatic heterocycles. The van der Waals surface area contributed by atoms with Crippen molar-refractivity contribution in [3.05, 3.63) is 56.5 Å². The van der Waals surface area contributed by atoms with Gasteiger partial charge in [-0.1, -0.05) is 46.4 Å². The molecule has 0 aliphatic rings. The number of nitrogens with two attached hydrogens (primary N) is 2. The van der Waals surface area contributed by atoms with Gasteiger partial charge in [-0.3, -0.25) is 0 Å². The molecule has 18 heavy (non-hydrogen) atoms. The topological polar surface area (TPSA) is 52.0 Å². The maximum absolute atomic E-state index is 5.60. The summed E-state index contributed by atoms with van der Waals surface area (Å²) in [4.78, 5) is 0. The van der Waals surface area contributed by atoms with E-state index in [4.69, 9.17) is 57.9 Å².